The summed E-state index contributed by atoms with van der Waals surface area (Å²) < 4.78 is 0. The molecule has 0 bridgehead atoms. The molecule has 6 nitrogen and oxygen atoms in total. The summed E-state index contributed by atoms with van der Waals surface area (Å²) in [6.07, 6.45) is 0.278. The average Bonchev–Trinajstić information content (AvgIpc) is 2.95. The molecule has 0 atom stereocenters. The van der Waals surface area contributed by atoms with Gasteiger partial charge in [0.25, 0.3) is 0 Å². The fraction of sp³-hybridized carbons (Fsp3) is 0.250. The highest BCUT2D eigenvalue weighted by atomic mass is 16.1. The molecule has 0 radical (unpaired) electrons. The van der Waals surface area contributed by atoms with Crippen molar-refractivity contribution in [3.05, 3.63) is 34.2 Å². The third kappa shape index (κ3) is 1.92. The van der Waals surface area contributed by atoms with Crippen molar-refractivity contribution in [2.24, 2.45) is 4.99 Å². The lowest BCUT2D eigenvalue weighted by Gasteiger charge is -2.02. The number of benzene rings is 1. The first-order valence-electron chi connectivity index (χ1n) is 5.75. The van der Waals surface area contributed by atoms with Gasteiger partial charge < -0.3 is 15.3 Å². The number of ketones is 1. The Balaban J connectivity index is 1.88. The van der Waals surface area contributed by atoms with Crippen molar-refractivity contribution in [2.45, 2.75) is 6.42 Å². The van der Waals surface area contributed by atoms with E-state index < -0.39 is 0 Å². The summed E-state index contributed by atoms with van der Waals surface area (Å²) in [4.78, 5) is 32.6. The van der Waals surface area contributed by atoms with E-state index in [0.717, 1.165) is 18.9 Å². The minimum Gasteiger partial charge on any atom is -0.372 e. The number of amidine groups is 1. The summed E-state index contributed by atoms with van der Waals surface area (Å²) in [5.41, 5.74) is 1.66. The van der Waals surface area contributed by atoms with Gasteiger partial charge in [-0.05, 0) is 18.2 Å². The zero-order chi connectivity index (χ0) is 12.5. The quantitative estimate of drug-likeness (QED) is 0.684. The van der Waals surface area contributed by atoms with Gasteiger partial charge in [0, 0.05) is 12.1 Å². The molecule has 0 amide bonds. The van der Waals surface area contributed by atoms with Crippen LogP contribution >= 0.6 is 0 Å². The standard InChI is InChI=1S/C12H12N4O2/c17-10(6-11-13-3-4-14-11)7-1-2-8-9(5-7)16-12(18)15-8/h1-2,5H,3-4,6H2,(H,13,14)(H2,15,16,18). The molecule has 1 aromatic heterocycles. The van der Waals surface area contributed by atoms with Crippen LogP contribution in [-0.2, 0) is 0 Å². The van der Waals surface area contributed by atoms with Crippen molar-refractivity contribution < 1.29 is 4.79 Å². The number of carbonyl (C=O) groups excluding carboxylic acids is 1. The highest BCUT2D eigenvalue weighted by molar-refractivity contribution is 6.10. The van der Waals surface area contributed by atoms with Crippen LogP contribution in [0.1, 0.15) is 16.8 Å². The van der Waals surface area contributed by atoms with E-state index in [4.69, 9.17) is 0 Å². The van der Waals surface area contributed by atoms with Crippen LogP contribution in [0.4, 0.5) is 0 Å². The van der Waals surface area contributed by atoms with E-state index in [1.54, 1.807) is 18.2 Å². The summed E-state index contributed by atoms with van der Waals surface area (Å²) in [5, 5.41) is 3.06. The van der Waals surface area contributed by atoms with E-state index in [-0.39, 0.29) is 17.9 Å². The predicted molar refractivity (Wildman–Crippen MR) is 68.2 cm³/mol. The lowest BCUT2D eigenvalue weighted by atomic mass is 10.1. The van der Waals surface area contributed by atoms with Gasteiger partial charge in [0.1, 0.15) is 5.84 Å². The minimum absolute atomic E-state index is 0.00732. The van der Waals surface area contributed by atoms with Crippen LogP contribution < -0.4 is 11.0 Å². The van der Waals surface area contributed by atoms with Crippen molar-refractivity contribution >= 4 is 22.7 Å². The molecule has 0 spiro atoms. The van der Waals surface area contributed by atoms with Gasteiger partial charge >= 0.3 is 5.69 Å². The number of aromatic amines is 2. The second-order valence-electron chi connectivity index (χ2n) is 4.19. The number of Topliss-reactive ketones (excluding diaryl/α,β-unsaturated/α-hetero) is 1. The summed E-state index contributed by atoms with van der Waals surface area (Å²) in [5.74, 6) is 0.731. The number of aromatic nitrogens is 2. The third-order valence-electron chi connectivity index (χ3n) is 2.91. The zero-order valence-corrected chi connectivity index (χ0v) is 9.62. The molecule has 92 valence electrons. The molecule has 0 aliphatic carbocycles. The highest BCUT2D eigenvalue weighted by Crippen LogP contribution is 2.12. The zero-order valence-electron chi connectivity index (χ0n) is 9.62. The summed E-state index contributed by atoms with van der Waals surface area (Å²) in [7, 11) is 0. The lowest BCUT2D eigenvalue weighted by molar-refractivity contribution is 0.1000. The van der Waals surface area contributed by atoms with Gasteiger partial charge in [-0.3, -0.25) is 9.79 Å². The lowest BCUT2D eigenvalue weighted by Crippen LogP contribution is -2.21. The van der Waals surface area contributed by atoms with Crippen molar-refractivity contribution in [2.75, 3.05) is 13.1 Å². The molecule has 2 heterocycles. The highest BCUT2D eigenvalue weighted by Gasteiger charge is 2.13. The minimum atomic E-state index is -0.267. The Morgan fingerprint density at radius 3 is 2.89 bits per heavy atom. The van der Waals surface area contributed by atoms with E-state index in [9.17, 15) is 9.59 Å². The van der Waals surface area contributed by atoms with Gasteiger partial charge in [0.05, 0.1) is 24.0 Å². The normalized spacial score (nSPS) is 14.6. The second kappa shape index (κ2) is 4.14. The molecular formula is C12H12N4O2. The van der Waals surface area contributed by atoms with Crippen molar-refractivity contribution in [3.8, 4) is 0 Å². The maximum Gasteiger partial charge on any atom is 0.323 e. The SMILES string of the molecule is O=C(CC1=NCCN1)c1ccc2[nH]c(=O)[nH]c2c1. The van der Waals surface area contributed by atoms with Crippen LogP contribution in [0.3, 0.4) is 0 Å². The summed E-state index contributed by atoms with van der Waals surface area (Å²) >= 11 is 0. The number of carbonyl (C=O) groups is 1. The number of hydrogen-bond donors (Lipinski definition) is 3. The fourth-order valence-electron chi connectivity index (χ4n) is 2.03. The van der Waals surface area contributed by atoms with E-state index >= 15 is 0 Å². The summed E-state index contributed by atoms with van der Waals surface area (Å²) in [6, 6.07) is 5.12. The first-order valence-corrected chi connectivity index (χ1v) is 5.75. The first-order chi connectivity index (χ1) is 8.72. The molecule has 0 saturated heterocycles. The van der Waals surface area contributed by atoms with Crippen molar-refractivity contribution in [3.63, 3.8) is 0 Å². The molecule has 1 aliphatic heterocycles. The molecule has 3 rings (SSSR count). The molecule has 18 heavy (non-hydrogen) atoms. The first kappa shape index (κ1) is 10.8. The van der Waals surface area contributed by atoms with Gasteiger partial charge in [-0.25, -0.2) is 4.79 Å². The smallest absolute Gasteiger partial charge is 0.323 e. The van der Waals surface area contributed by atoms with Gasteiger partial charge in [0.2, 0.25) is 0 Å². The molecule has 0 saturated carbocycles. The van der Waals surface area contributed by atoms with Crippen LogP contribution in [0.5, 0.6) is 0 Å². The number of imidazole rings is 1. The van der Waals surface area contributed by atoms with Crippen LogP contribution in [-0.4, -0.2) is 34.7 Å². The average molecular weight is 244 g/mol. The monoisotopic (exact) mass is 244 g/mol. The number of nitrogens with one attached hydrogen (secondary N) is 3. The van der Waals surface area contributed by atoms with Gasteiger partial charge in [-0.2, -0.15) is 0 Å². The molecule has 0 unspecified atom stereocenters. The van der Waals surface area contributed by atoms with Crippen molar-refractivity contribution in [1.29, 1.82) is 0 Å². The van der Waals surface area contributed by atoms with E-state index in [1.165, 1.54) is 0 Å². The van der Waals surface area contributed by atoms with E-state index in [1.807, 2.05) is 0 Å². The number of fused-ring (bicyclic) bond motifs is 1. The van der Waals surface area contributed by atoms with Crippen LogP contribution in [0.25, 0.3) is 11.0 Å². The fourth-order valence-corrected chi connectivity index (χ4v) is 2.03. The van der Waals surface area contributed by atoms with Crippen molar-refractivity contribution in [1.82, 2.24) is 15.3 Å². The molecule has 0 fully saturated rings. The Labute approximate surface area is 102 Å². The molecule has 1 aliphatic rings. The largest absolute Gasteiger partial charge is 0.372 e. The van der Waals surface area contributed by atoms with Gasteiger partial charge in [-0.15, -0.1) is 0 Å². The number of hydrogen-bond acceptors (Lipinski definition) is 4. The molecule has 1 aromatic carbocycles. The number of nitrogens with zero attached hydrogens (tertiary/aromatic N) is 1. The second-order valence-corrected chi connectivity index (χ2v) is 4.19. The Morgan fingerprint density at radius 2 is 2.11 bits per heavy atom. The Bertz CT molecular complexity index is 695. The Hall–Kier alpha value is -2.37. The Morgan fingerprint density at radius 1 is 1.28 bits per heavy atom. The van der Waals surface area contributed by atoms with E-state index in [0.29, 0.717) is 16.6 Å². The number of H-pyrrole nitrogens is 2. The van der Waals surface area contributed by atoms with Crippen LogP contribution in [0, 0.1) is 0 Å². The van der Waals surface area contributed by atoms with Crippen LogP contribution in [0.2, 0.25) is 0 Å². The van der Waals surface area contributed by atoms with E-state index in [2.05, 4.69) is 20.3 Å². The van der Waals surface area contributed by atoms with Gasteiger partial charge in [-0.1, -0.05) is 0 Å². The number of rotatable bonds is 3. The molecule has 6 heteroatoms. The topological polar surface area (TPSA) is 90.1 Å². The predicted octanol–water partition coefficient (Wildman–Crippen LogP) is 0.431. The molecular weight excluding hydrogens is 232 g/mol. The Kier molecular flexibility index (Phi) is 2.47. The van der Waals surface area contributed by atoms with Crippen LogP contribution in [0.15, 0.2) is 28.0 Å². The van der Waals surface area contributed by atoms with Gasteiger partial charge in [0.15, 0.2) is 5.78 Å². The maximum atomic E-state index is 12.0. The summed E-state index contributed by atoms with van der Waals surface area (Å²) in [6.45, 7) is 1.53. The third-order valence-corrected chi connectivity index (χ3v) is 2.91. The molecule has 2 aromatic rings. The maximum absolute atomic E-state index is 12.0. The number of aliphatic imine (C=N–C) groups is 1. The molecule has 3 N–H and O–H groups in total.